The first-order valence-corrected chi connectivity index (χ1v) is 5.54. The molecular weight excluding hydrogens is 210 g/mol. The smallest absolute Gasteiger partial charge is 0.407 e. The molecule has 0 atom stereocenters. The number of rotatable bonds is 0. The normalized spacial score (nSPS) is 27.4. The molecule has 0 radical (unpaired) electrons. The van der Waals surface area contributed by atoms with Gasteiger partial charge in [0.2, 0.25) is 0 Å². The summed E-state index contributed by atoms with van der Waals surface area (Å²) in [7, 11) is 0. The molecule has 5 heteroatoms. The van der Waals surface area contributed by atoms with Crippen molar-refractivity contribution in [1.29, 1.82) is 0 Å². The lowest BCUT2D eigenvalue weighted by Crippen LogP contribution is -2.50. The second-order valence-electron chi connectivity index (χ2n) is 5.27. The van der Waals surface area contributed by atoms with Crippen molar-refractivity contribution >= 4 is 11.9 Å². The highest BCUT2D eigenvalue weighted by Crippen LogP contribution is 2.41. The molecule has 0 bridgehead atoms. The lowest BCUT2D eigenvalue weighted by molar-refractivity contribution is -0.138. The minimum atomic E-state index is -0.917. The maximum atomic E-state index is 12.2. The predicted molar refractivity (Wildman–Crippen MR) is 56.3 cm³/mol. The molecule has 0 unspecified atom stereocenters. The number of carboxylic acid groups (broad SMARTS) is 1. The third-order valence-electron chi connectivity index (χ3n) is 3.58. The fourth-order valence-electron chi connectivity index (χ4n) is 2.50. The van der Waals surface area contributed by atoms with Crippen LogP contribution < -0.4 is 0 Å². The molecule has 2 aliphatic rings. The van der Waals surface area contributed by atoms with E-state index in [0.717, 1.165) is 0 Å². The quantitative estimate of drug-likeness (QED) is 0.673. The summed E-state index contributed by atoms with van der Waals surface area (Å²) in [6.45, 7) is 4.98. The summed E-state index contributed by atoms with van der Waals surface area (Å²) in [4.78, 5) is 24.3. The van der Waals surface area contributed by atoms with Crippen molar-refractivity contribution in [2.24, 2.45) is 5.41 Å². The van der Waals surface area contributed by atoms with Crippen LogP contribution in [0.25, 0.3) is 0 Å². The number of likely N-dealkylation sites (tertiary alicyclic amines) is 1. The van der Waals surface area contributed by atoms with E-state index >= 15 is 0 Å². The highest BCUT2D eigenvalue weighted by Gasteiger charge is 2.54. The van der Waals surface area contributed by atoms with Gasteiger partial charge in [0.25, 0.3) is 0 Å². The third kappa shape index (κ3) is 1.59. The van der Waals surface area contributed by atoms with Gasteiger partial charge in [0.1, 0.15) is 5.60 Å². The highest BCUT2D eigenvalue weighted by molar-refractivity contribution is 5.94. The number of nitrogens with zero attached hydrogens (tertiary/aromatic N) is 1. The molecule has 2 saturated heterocycles. The van der Waals surface area contributed by atoms with E-state index in [1.54, 1.807) is 0 Å². The number of ether oxygens (including phenoxy) is 1. The fraction of sp³-hybridized carbons (Fsp3) is 0.818. The van der Waals surface area contributed by atoms with Crippen LogP contribution in [0.15, 0.2) is 0 Å². The van der Waals surface area contributed by atoms with Gasteiger partial charge in [-0.15, -0.1) is 0 Å². The van der Waals surface area contributed by atoms with E-state index in [9.17, 15) is 9.59 Å². The first-order valence-electron chi connectivity index (χ1n) is 5.54. The Kier molecular flexibility index (Phi) is 2.45. The molecule has 1 N–H and O–H groups in total. The van der Waals surface area contributed by atoms with E-state index in [4.69, 9.17) is 9.84 Å². The number of Topliss-reactive ketones (excluding diaryl/α,β-unsaturated/α-hetero) is 1. The minimum absolute atomic E-state index is 0.130. The van der Waals surface area contributed by atoms with Crippen LogP contribution in [0.2, 0.25) is 0 Å². The summed E-state index contributed by atoms with van der Waals surface area (Å²) in [5.74, 6) is 0.130. The summed E-state index contributed by atoms with van der Waals surface area (Å²) in [5.41, 5.74) is -1.14. The Balaban J connectivity index is 2.09. The zero-order chi connectivity index (χ0) is 12.0. The van der Waals surface area contributed by atoms with E-state index in [2.05, 4.69) is 0 Å². The maximum Gasteiger partial charge on any atom is 0.407 e. The van der Waals surface area contributed by atoms with Crippen LogP contribution in [0.4, 0.5) is 4.79 Å². The lowest BCUT2D eigenvalue weighted by Gasteiger charge is -2.36. The molecule has 2 rings (SSSR count). The Labute approximate surface area is 94.4 Å². The fourth-order valence-corrected chi connectivity index (χ4v) is 2.50. The van der Waals surface area contributed by atoms with Gasteiger partial charge in [0.15, 0.2) is 5.78 Å². The summed E-state index contributed by atoms with van der Waals surface area (Å²) in [6.07, 6.45) is 0.0582. The van der Waals surface area contributed by atoms with E-state index in [-0.39, 0.29) is 5.78 Å². The van der Waals surface area contributed by atoms with Crippen LogP contribution in [0.1, 0.15) is 26.7 Å². The zero-order valence-corrected chi connectivity index (χ0v) is 9.65. The Morgan fingerprint density at radius 2 is 1.94 bits per heavy atom. The van der Waals surface area contributed by atoms with Crippen molar-refractivity contribution in [2.45, 2.75) is 32.3 Å². The van der Waals surface area contributed by atoms with E-state index < -0.39 is 17.1 Å². The van der Waals surface area contributed by atoms with Crippen LogP contribution >= 0.6 is 0 Å². The molecule has 2 aliphatic heterocycles. The number of piperidine rings is 1. The molecule has 0 saturated carbocycles. The van der Waals surface area contributed by atoms with E-state index in [0.29, 0.717) is 32.5 Å². The zero-order valence-electron chi connectivity index (χ0n) is 9.65. The molecular formula is C11H17NO4. The Hall–Kier alpha value is -1.10. The summed E-state index contributed by atoms with van der Waals surface area (Å²) >= 11 is 0. The van der Waals surface area contributed by atoms with Crippen LogP contribution in [0.3, 0.4) is 0 Å². The second-order valence-corrected chi connectivity index (χ2v) is 5.27. The van der Waals surface area contributed by atoms with Gasteiger partial charge in [0, 0.05) is 31.3 Å². The minimum Gasteiger partial charge on any atom is -0.465 e. The Morgan fingerprint density at radius 3 is 2.31 bits per heavy atom. The van der Waals surface area contributed by atoms with Gasteiger partial charge in [-0.1, -0.05) is 13.8 Å². The molecule has 90 valence electrons. The van der Waals surface area contributed by atoms with Gasteiger partial charge in [-0.2, -0.15) is 0 Å². The monoisotopic (exact) mass is 227 g/mol. The highest BCUT2D eigenvalue weighted by atomic mass is 16.5. The van der Waals surface area contributed by atoms with Gasteiger partial charge in [0.05, 0.1) is 6.61 Å². The lowest BCUT2D eigenvalue weighted by atomic mass is 9.78. The molecule has 2 heterocycles. The average Bonchev–Trinajstić information content (AvgIpc) is 2.45. The molecule has 0 aromatic carbocycles. The molecule has 1 spiro atoms. The summed E-state index contributed by atoms with van der Waals surface area (Å²) in [5, 5.41) is 8.84. The SMILES string of the molecule is CC1(C)COC2(CCN(C(=O)O)CC2)C1=O. The van der Waals surface area contributed by atoms with Crippen molar-refractivity contribution in [3.05, 3.63) is 0 Å². The van der Waals surface area contributed by atoms with Gasteiger partial charge in [-0.25, -0.2) is 4.79 Å². The van der Waals surface area contributed by atoms with E-state index in [1.807, 2.05) is 13.8 Å². The molecule has 16 heavy (non-hydrogen) atoms. The van der Waals surface area contributed by atoms with Crippen LogP contribution in [-0.4, -0.2) is 47.2 Å². The van der Waals surface area contributed by atoms with E-state index in [1.165, 1.54) is 4.90 Å². The Morgan fingerprint density at radius 1 is 1.38 bits per heavy atom. The number of hydrogen-bond acceptors (Lipinski definition) is 3. The first-order chi connectivity index (χ1) is 7.37. The van der Waals surface area contributed by atoms with Gasteiger partial charge < -0.3 is 14.7 Å². The average molecular weight is 227 g/mol. The topological polar surface area (TPSA) is 66.8 Å². The summed E-state index contributed by atoms with van der Waals surface area (Å²) < 4.78 is 5.67. The molecule has 5 nitrogen and oxygen atoms in total. The van der Waals surface area contributed by atoms with Crippen molar-refractivity contribution in [2.75, 3.05) is 19.7 Å². The molecule has 1 amide bonds. The second kappa shape index (κ2) is 3.45. The van der Waals surface area contributed by atoms with Gasteiger partial charge in [-0.05, 0) is 0 Å². The van der Waals surface area contributed by atoms with Crippen molar-refractivity contribution in [3.8, 4) is 0 Å². The Bertz CT molecular complexity index is 329. The molecule has 0 aliphatic carbocycles. The molecule has 2 fully saturated rings. The number of carbonyl (C=O) groups excluding carboxylic acids is 1. The van der Waals surface area contributed by atoms with Crippen LogP contribution in [0.5, 0.6) is 0 Å². The molecule has 0 aromatic heterocycles. The predicted octanol–water partition coefficient (Wildman–Crippen LogP) is 1.12. The maximum absolute atomic E-state index is 12.2. The number of amides is 1. The number of carbonyl (C=O) groups is 2. The largest absolute Gasteiger partial charge is 0.465 e. The van der Waals surface area contributed by atoms with Crippen molar-refractivity contribution in [3.63, 3.8) is 0 Å². The number of ketones is 1. The standard InChI is InChI=1S/C11H17NO4/c1-10(2)7-16-11(8(10)13)3-5-12(6-4-11)9(14)15/h3-7H2,1-2H3,(H,14,15). The van der Waals surface area contributed by atoms with Crippen molar-refractivity contribution in [1.82, 2.24) is 4.90 Å². The number of hydrogen-bond donors (Lipinski definition) is 1. The van der Waals surface area contributed by atoms with Gasteiger partial charge >= 0.3 is 6.09 Å². The van der Waals surface area contributed by atoms with Crippen molar-refractivity contribution < 1.29 is 19.4 Å². The molecule has 0 aromatic rings. The van der Waals surface area contributed by atoms with Crippen LogP contribution in [-0.2, 0) is 9.53 Å². The van der Waals surface area contributed by atoms with Gasteiger partial charge in [-0.3, -0.25) is 4.79 Å². The van der Waals surface area contributed by atoms with Crippen LogP contribution in [0, 0.1) is 5.41 Å². The summed E-state index contributed by atoms with van der Waals surface area (Å²) in [6, 6.07) is 0. The third-order valence-corrected chi connectivity index (χ3v) is 3.58. The first kappa shape index (κ1) is 11.4.